The zero-order valence-corrected chi connectivity index (χ0v) is 8.07. The summed E-state index contributed by atoms with van der Waals surface area (Å²) in [5.41, 5.74) is 7.24. The van der Waals surface area contributed by atoms with E-state index in [1.165, 1.54) is 12.8 Å². The van der Waals surface area contributed by atoms with E-state index >= 15 is 0 Å². The SMILES string of the molecule is NCC1c2ncccc2OCC12CC2. The van der Waals surface area contributed by atoms with Crippen molar-refractivity contribution in [2.75, 3.05) is 13.2 Å². The van der Waals surface area contributed by atoms with Crippen molar-refractivity contribution in [3.8, 4) is 5.75 Å². The van der Waals surface area contributed by atoms with Gasteiger partial charge in [-0.15, -0.1) is 0 Å². The van der Waals surface area contributed by atoms with Gasteiger partial charge in [0.1, 0.15) is 5.75 Å². The second-order valence-electron chi connectivity index (χ2n) is 4.33. The second-order valence-corrected chi connectivity index (χ2v) is 4.33. The molecule has 1 fully saturated rings. The van der Waals surface area contributed by atoms with E-state index in [-0.39, 0.29) is 0 Å². The number of ether oxygens (including phenoxy) is 1. The van der Waals surface area contributed by atoms with Crippen molar-refractivity contribution in [2.45, 2.75) is 18.8 Å². The first-order valence-corrected chi connectivity index (χ1v) is 5.13. The number of hydrogen-bond acceptors (Lipinski definition) is 3. The van der Waals surface area contributed by atoms with Crippen LogP contribution in [0.1, 0.15) is 24.5 Å². The predicted molar refractivity (Wildman–Crippen MR) is 53.2 cm³/mol. The molecule has 3 rings (SSSR count). The molecular weight excluding hydrogens is 176 g/mol. The van der Waals surface area contributed by atoms with Crippen LogP contribution in [0.3, 0.4) is 0 Å². The number of nitrogens with zero attached hydrogens (tertiary/aromatic N) is 1. The molecule has 14 heavy (non-hydrogen) atoms. The van der Waals surface area contributed by atoms with Crippen LogP contribution in [0.15, 0.2) is 18.3 Å². The maximum absolute atomic E-state index is 5.84. The van der Waals surface area contributed by atoms with Gasteiger partial charge in [0.15, 0.2) is 0 Å². The van der Waals surface area contributed by atoms with Crippen molar-refractivity contribution in [1.82, 2.24) is 4.98 Å². The molecule has 1 aromatic heterocycles. The summed E-state index contributed by atoms with van der Waals surface area (Å²) in [5, 5.41) is 0. The number of nitrogens with two attached hydrogens (primary N) is 1. The van der Waals surface area contributed by atoms with Crippen LogP contribution in [-0.4, -0.2) is 18.1 Å². The van der Waals surface area contributed by atoms with E-state index in [1.807, 2.05) is 18.3 Å². The quantitative estimate of drug-likeness (QED) is 0.726. The third-order valence-corrected chi connectivity index (χ3v) is 3.51. The van der Waals surface area contributed by atoms with Gasteiger partial charge >= 0.3 is 0 Å². The number of rotatable bonds is 1. The molecule has 0 amide bonds. The summed E-state index contributed by atoms with van der Waals surface area (Å²) in [6.45, 7) is 1.51. The Bertz CT molecular complexity index is 360. The number of fused-ring (bicyclic) bond motifs is 1. The van der Waals surface area contributed by atoms with Gasteiger partial charge in [-0.1, -0.05) is 0 Å². The molecule has 1 saturated carbocycles. The highest BCUT2D eigenvalue weighted by atomic mass is 16.5. The molecule has 74 valence electrons. The summed E-state index contributed by atoms with van der Waals surface area (Å²) in [5.74, 6) is 1.34. The average molecular weight is 190 g/mol. The molecule has 1 aliphatic heterocycles. The highest BCUT2D eigenvalue weighted by Crippen LogP contribution is 2.58. The van der Waals surface area contributed by atoms with Gasteiger partial charge in [0, 0.05) is 24.1 Å². The van der Waals surface area contributed by atoms with Crippen LogP contribution >= 0.6 is 0 Å². The lowest BCUT2D eigenvalue weighted by Crippen LogP contribution is -2.32. The van der Waals surface area contributed by atoms with Crippen LogP contribution in [0.25, 0.3) is 0 Å². The topological polar surface area (TPSA) is 48.1 Å². The Balaban J connectivity index is 2.06. The molecule has 3 nitrogen and oxygen atoms in total. The fraction of sp³-hybridized carbons (Fsp3) is 0.545. The largest absolute Gasteiger partial charge is 0.491 e. The molecule has 2 aliphatic rings. The lowest BCUT2D eigenvalue weighted by Gasteiger charge is -2.31. The van der Waals surface area contributed by atoms with Crippen molar-refractivity contribution >= 4 is 0 Å². The lowest BCUT2D eigenvalue weighted by molar-refractivity contribution is 0.174. The highest BCUT2D eigenvalue weighted by molar-refractivity contribution is 5.36. The molecule has 1 atom stereocenters. The summed E-state index contributed by atoms with van der Waals surface area (Å²) in [7, 11) is 0. The van der Waals surface area contributed by atoms with Gasteiger partial charge in [0.2, 0.25) is 0 Å². The molecule has 0 saturated heterocycles. The minimum atomic E-state index is 0.329. The van der Waals surface area contributed by atoms with Crippen LogP contribution in [0, 0.1) is 5.41 Å². The molecule has 1 aromatic rings. The number of hydrogen-bond donors (Lipinski definition) is 1. The Morgan fingerprint density at radius 3 is 3.14 bits per heavy atom. The monoisotopic (exact) mass is 190 g/mol. The molecule has 0 radical (unpaired) electrons. The molecule has 1 aliphatic carbocycles. The minimum Gasteiger partial charge on any atom is -0.491 e. The van der Waals surface area contributed by atoms with Crippen molar-refractivity contribution in [1.29, 1.82) is 0 Å². The third-order valence-electron chi connectivity index (χ3n) is 3.51. The average Bonchev–Trinajstić information content (AvgIpc) is 2.99. The Kier molecular flexibility index (Phi) is 1.59. The van der Waals surface area contributed by atoms with Gasteiger partial charge in [-0.3, -0.25) is 4.98 Å². The summed E-state index contributed by atoms with van der Waals surface area (Å²) in [6, 6.07) is 3.90. The van der Waals surface area contributed by atoms with E-state index in [0.717, 1.165) is 18.1 Å². The zero-order valence-electron chi connectivity index (χ0n) is 8.07. The summed E-state index contributed by atoms with van der Waals surface area (Å²) in [6.07, 6.45) is 4.31. The van der Waals surface area contributed by atoms with Crippen LogP contribution in [0.2, 0.25) is 0 Å². The molecule has 1 unspecified atom stereocenters. The first-order chi connectivity index (χ1) is 6.86. The van der Waals surface area contributed by atoms with E-state index in [1.54, 1.807) is 0 Å². The number of aromatic nitrogens is 1. The van der Waals surface area contributed by atoms with Crippen LogP contribution in [-0.2, 0) is 0 Å². The van der Waals surface area contributed by atoms with E-state index in [9.17, 15) is 0 Å². The molecule has 0 bridgehead atoms. The van der Waals surface area contributed by atoms with Gasteiger partial charge in [0.05, 0.1) is 12.3 Å². The molecule has 3 heteroatoms. The summed E-state index contributed by atoms with van der Waals surface area (Å²) < 4.78 is 5.72. The highest BCUT2D eigenvalue weighted by Gasteiger charge is 2.53. The molecule has 2 N–H and O–H groups in total. The number of pyridine rings is 1. The first-order valence-electron chi connectivity index (χ1n) is 5.13. The summed E-state index contributed by atoms with van der Waals surface area (Å²) >= 11 is 0. The molecule has 0 aromatic carbocycles. The van der Waals surface area contributed by atoms with E-state index < -0.39 is 0 Å². The van der Waals surface area contributed by atoms with Crippen LogP contribution in [0.5, 0.6) is 5.75 Å². The van der Waals surface area contributed by atoms with E-state index in [0.29, 0.717) is 17.9 Å². The maximum Gasteiger partial charge on any atom is 0.141 e. The van der Waals surface area contributed by atoms with Gasteiger partial charge in [0.25, 0.3) is 0 Å². The van der Waals surface area contributed by atoms with Crippen molar-refractivity contribution < 1.29 is 4.74 Å². The standard InChI is InChI=1S/C11H14N2O/c12-6-8-10-9(2-1-5-13-10)14-7-11(8)3-4-11/h1-2,5,8H,3-4,6-7,12H2. The minimum absolute atomic E-state index is 0.329. The molecule has 1 spiro atoms. The van der Waals surface area contributed by atoms with Crippen molar-refractivity contribution in [3.63, 3.8) is 0 Å². The lowest BCUT2D eigenvalue weighted by atomic mass is 9.84. The van der Waals surface area contributed by atoms with Crippen molar-refractivity contribution in [2.24, 2.45) is 11.1 Å². The van der Waals surface area contributed by atoms with Crippen molar-refractivity contribution in [3.05, 3.63) is 24.0 Å². The Morgan fingerprint density at radius 2 is 2.43 bits per heavy atom. The van der Waals surface area contributed by atoms with Crippen LogP contribution < -0.4 is 10.5 Å². The maximum atomic E-state index is 5.84. The fourth-order valence-electron chi connectivity index (χ4n) is 2.41. The fourth-order valence-corrected chi connectivity index (χ4v) is 2.41. The van der Waals surface area contributed by atoms with E-state index in [4.69, 9.17) is 10.5 Å². The Labute approximate surface area is 83.3 Å². The Hall–Kier alpha value is -1.09. The normalized spacial score (nSPS) is 26.8. The predicted octanol–water partition coefficient (Wildman–Crippen LogP) is 1.30. The first kappa shape index (κ1) is 8.24. The van der Waals surface area contributed by atoms with Crippen LogP contribution in [0.4, 0.5) is 0 Å². The second kappa shape index (κ2) is 2.70. The van der Waals surface area contributed by atoms with Gasteiger partial charge in [-0.2, -0.15) is 0 Å². The van der Waals surface area contributed by atoms with Gasteiger partial charge in [-0.05, 0) is 25.0 Å². The third kappa shape index (κ3) is 0.989. The summed E-state index contributed by atoms with van der Waals surface area (Å²) in [4.78, 5) is 4.40. The van der Waals surface area contributed by atoms with Gasteiger partial charge in [-0.25, -0.2) is 0 Å². The molecular formula is C11H14N2O. The Morgan fingerprint density at radius 1 is 1.57 bits per heavy atom. The zero-order chi connectivity index (χ0) is 9.60. The van der Waals surface area contributed by atoms with Gasteiger partial charge < -0.3 is 10.5 Å². The van der Waals surface area contributed by atoms with E-state index in [2.05, 4.69) is 4.98 Å². The molecule has 2 heterocycles. The smallest absolute Gasteiger partial charge is 0.141 e.